The number of rotatable bonds is 2. The van der Waals surface area contributed by atoms with Crippen molar-refractivity contribution in [1.29, 1.82) is 0 Å². The fraction of sp³-hybridized carbons (Fsp3) is 0.333. The highest BCUT2D eigenvalue weighted by atomic mass is 16.2. The smallest absolute Gasteiger partial charge is 0.257 e. The molecule has 0 aromatic rings. The Bertz CT molecular complexity index is 373. The maximum Gasteiger partial charge on any atom is 0.257 e. The molecule has 3 heteroatoms. The third-order valence-corrected chi connectivity index (χ3v) is 2.24. The van der Waals surface area contributed by atoms with Gasteiger partial charge in [-0.1, -0.05) is 32.1 Å². The summed E-state index contributed by atoms with van der Waals surface area (Å²) in [6.45, 7) is 5.98. The Morgan fingerprint density at radius 2 is 2.13 bits per heavy atom. The Labute approximate surface area is 89.6 Å². The van der Waals surface area contributed by atoms with Gasteiger partial charge in [-0.05, 0) is 18.6 Å². The molecule has 0 radical (unpaired) electrons. The van der Waals surface area contributed by atoms with E-state index in [0.717, 1.165) is 5.57 Å². The standard InChI is InChI=1S/C12H15NO2/c1-9-7-12(2,3)6-4-5-10(9)11(15)13-8-14/h4-8H,1-3H3,(H,13,14,15). The maximum absolute atomic E-state index is 11.5. The summed E-state index contributed by atoms with van der Waals surface area (Å²) in [4.78, 5) is 21.7. The predicted octanol–water partition coefficient (Wildman–Crippen LogP) is 1.73. The van der Waals surface area contributed by atoms with Gasteiger partial charge in [-0.2, -0.15) is 0 Å². The van der Waals surface area contributed by atoms with Gasteiger partial charge in [-0.25, -0.2) is 0 Å². The van der Waals surface area contributed by atoms with Gasteiger partial charge in [0, 0.05) is 11.0 Å². The van der Waals surface area contributed by atoms with Gasteiger partial charge in [0.05, 0.1) is 0 Å². The minimum absolute atomic E-state index is 0.0657. The topological polar surface area (TPSA) is 46.2 Å². The molecule has 0 heterocycles. The molecule has 0 aromatic carbocycles. The van der Waals surface area contributed by atoms with Crippen LogP contribution < -0.4 is 5.32 Å². The Kier molecular flexibility index (Phi) is 3.24. The molecule has 1 aliphatic rings. The van der Waals surface area contributed by atoms with Gasteiger partial charge in [-0.15, -0.1) is 0 Å². The summed E-state index contributed by atoms with van der Waals surface area (Å²) >= 11 is 0. The number of allylic oxidation sites excluding steroid dienone is 4. The van der Waals surface area contributed by atoms with Crippen LogP contribution in [-0.2, 0) is 9.59 Å². The third kappa shape index (κ3) is 2.91. The van der Waals surface area contributed by atoms with Crippen LogP contribution in [-0.4, -0.2) is 12.3 Å². The quantitative estimate of drug-likeness (QED) is 0.698. The molecule has 1 rings (SSSR count). The SMILES string of the molecule is CC1=CC(C)(C)C=CC=C1C(=O)NC=O. The van der Waals surface area contributed by atoms with E-state index in [4.69, 9.17) is 0 Å². The molecule has 0 spiro atoms. The van der Waals surface area contributed by atoms with Crippen LogP contribution in [0.5, 0.6) is 0 Å². The van der Waals surface area contributed by atoms with Gasteiger partial charge in [0.25, 0.3) is 5.91 Å². The van der Waals surface area contributed by atoms with Crippen molar-refractivity contribution >= 4 is 12.3 Å². The van der Waals surface area contributed by atoms with Gasteiger partial charge in [0.15, 0.2) is 0 Å². The van der Waals surface area contributed by atoms with Crippen molar-refractivity contribution in [3.63, 3.8) is 0 Å². The lowest BCUT2D eigenvalue weighted by atomic mass is 9.90. The van der Waals surface area contributed by atoms with Crippen LogP contribution in [0, 0.1) is 5.41 Å². The van der Waals surface area contributed by atoms with Crippen LogP contribution in [0.4, 0.5) is 0 Å². The van der Waals surface area contributed by atoms with Gasteiger partial charge >= 0.3 is 0 Å². The first kappa shape index (κ1) is 11.4. The van der Waals surface area contributed by atoms with E-state index >= 15 is 0 Å². The first-order valence-corrected chi connectivity index (χ1v) is 4.80. The van der Waals surface area contributed by atoms with Crippen LogP contribution >= 0.6 is 0 Å². The van der Waals surface area contributed by atoms with Crippen molar-refractivity contribution in [2.45, 2.75) is 20.8 Å². The van der Waals surface area contributed by atoms with Crippen molar-refractivity contribution in [3.8, 4) is 0 Å². The van der Waals surface area contributed by atoms with Crippen LogP contribution in [0.3, 0.4) is 0 Å². The minimum Gasteiger partial charge on any atom is -0.295 e. The molecule has 1 N–H and O–H groups in total. The fourth-order valence-electron chi connectivity index (χ4n) is 1.59. The highest BCUT2D eigenvalue weighted by Gasteiger charge is 2.17. The van der Waals surface area contributed by atoms with E-state index in [0.29, 0.717) is 12.0 Å². The number of hydrogen-bond acceptors (Lipinski definition) is 2. The molecule has 0 unspecified atom stereocenters. The largest absolute Gasteiger partial charge is 0.295 e. The summed E-state index contributed by atoms with van der Waals surface area (Å²) in [7, 11) is 0. The summed E-state index contributed by atoms with van der Waals surface area (Å²) in [5.74, 6) is -0.360. The molecule has 80 valence electrons. The molecule has 0 bridgehead atoms. The highest BCUT2D eigenvalue weighted by molar-refractivity contribution is 6.02. The number of nitrogens with one attached hydrogen (secondary N) is 1. The van der Waals surface area contributed by atoms with Crippen LogP contribution in [0.2, 0.25) is 0 Å². The van der Waals surface area contributed by atoms with E-state index in [2.05, 4.69) is 19.2 Å². The van der Waals surface area contributed by atoms with E-state index in [1.165, 1.54) is 0 Å². The van der Waals surface area contributed by atoms with E-state index in [9.17, 15) is 9.59 Å². The minimum atomic E-state index is -0.360. The Hall–Kier alpha value is -1.64. The molecule has 0 saturated heterocycles. The lowest BCUT2D eigenvalue weighted by molar-refractivity contribution is -0.122. The molecular formula is C12H15NO2. The Balaban J connectivity index is 3.02. The summed E-state index contributed by atoms with van der Waals surface area (Å²) in [6.07, 6.45) is 7.98. The van der Waals surface area contributed by atoms with Gasteiger partial charge in [-0.3, -0.25) is 14.9 Å². The second-order valence-electron chi connectivity index (χ2n) is 4.18. The molecule has 0 fully saturated rings. The number of carbonyl (C=O) groups excluding carboxylic acids is 2. The third-order valence-electron chi connectivity index (χ3n) is 2.24. The van der Waals surface area contributed by atoms with Gasteiger partial charge in [0.1, 0.15) is 0 Å². The second-order valence-corrected chi connectivity index (χ2v) is 4.18. The lowest BCUT2D eigenvalue weighted by Gasteiger charge is -2.14. The Morgan fingerprint density at radius 1 is 1.47 bits per heavy atom. The zero-order valence-electron chi connectivity index (χ0n) is 9.20. The van der Waals surface area contributed by atoms with Crippen molar-refractivity contribution in [2.75, 3.05) is 0 Å². The first-order chi connectivity index (χ1) is 6.96. The number of amides is 2. The van der Waals surface area contributed by atoms with E-state index in [-0.39, 0.29) is 11.3 Å². The molecule has 0 saturated carbocycles. The van der Waals surface area contributed by atoms with Gasteiger partial charge < -0.3 is 0 Å². The monoisotopic (exact) mass is 205 g/mol. The number of hydrogen-bond donors (Lipinski definition) is 1. The van der Waals surface area contributed by atoms with Crippen molar-refractivity contribution in [1.82, 2.24) is 5.32 Å². The average Bonchev–Trinajstić information content (AvgIpc) is 2.23. The summed E-state index contributed by atoms with van der Waals surface area (Å²) in [5.41, 5.74) is 1.34. The predicted molar refractivity (Wildman–Crippen MR) is 59.0 cm³/mol. The normalized spacial score (nSPS) is 18.6. The molecule has 2 amide bonds. The highest BCUT2D eigenvalue weighted by Crippen LogP contribution is 2.26. The maximum atomic E-state index is 11.5. The lowest BCUT2D eigenvalue weighted by Crippen LogP contribution is -2.23. The fourth-order valence-corrected chi connectivity index (χ4v) is 1.59. The molecule has 0 aliphatic heterocycles. The van der Waals surface area contributed by atoms with Gasteiger partial charge in [0.2, 0.25) is 6.41 Å². The molecule has 0 atom stereocenters. The Morgan fingerprint density at radius 3 is 2.73 bits per heavy atom. The van der Waals surface area contributed by atoms with Crippen LogP contribution in [0.15, 0.2) is 35.5 Å². The van der Waals surface area contributed by atoms with Crippen LogP contribution in [0.25, 0.3) is 0 Å². The summed E-state index contributed by atoms with van der Waals surface area (Å²) < 4.78 is 0. The van der Waals surface area contributed by atoms with Crippen LogP contribution in [0.1, 0.15) is 20.8 Å². The second kappa shape index (κ2) is 4.26. The molecule has 0 aromatic heterocycles. The average molecular weight is 205 g/mol. The van der Waals surface area contributed by atoms with E-state index < -0.39 is 0 Å². The van der Waals surface area contributed by atoms with Crippen molar-refractivity contribution in [2.24, 2.45) is 5.41 Å². The summed E-state index contributed by atoms with van der Waals surface area (Å²) in [6, 6.07) is 0. The number of imide groups is 1. The van der Waals surface area contributed by atoms with Crippen molar-refractivity contribution in [3.05, 3.63) is 35.5 Å². The summed E-state index contributed by atoms with van der Waals surface area (Å²) in [5, 5.41) is 2.14. The molecular weight excluding hydrogens is 190 g/mol. The zero-order chi connectivity index (χ0) is 11.5. The zero-order valence-corrected chi connectivity index (χ0v) is 9.20. The van der Waals surface area contributed by atoms with Crippen molar-refractivity contribution < 1.29 is 9.59 Å². The molecule has 3 nitrogen and oxygen atoms in total. The number of carbonyl (C=O) groups is 2. The first-order valence-electron chi connectivity index (χ1n) is 4.80. The van der Waals surface area contributed by atoms with E-state index in [1.54, 1.807) is 6.08 Å². The molecule has 15 heavy (non-hydrogen) atoms. The molecule has 1 aliphatic carbocycles. The van der Waals surface area contributed by atoms with E-state index in [1.807, 2.05) is 25.2 Å².